The number of hydrogen-bond donors (Lipinski definition) is 2. The highest BCUT2D eigenvalue weighted by Gasteiger charge is 2.20. The number of ether oxygens (including phenoxy) is 2. The van der Waals surface area contributed by atoms with Crippen molar-refractivity contribution >= 4 is 33.7 Å². The molecular formula is C24H30N4O6S. The summed E-state index contributed by atoms with van der Waals surface area (Å²) in [5.74, 6) is -0.287. The van der Waals surface area contributed by atoms with Crippen molar-refractivity contribution in [1.82, 2.24) is 10.7 Å². The van der Waals surface area contributed by atoms with Gasteiger partial charge in [-0.25, -0.2) is 13.8 Å². The van der Waals surface area contributed by atoms with Gasteiger partial charge in [-0.15, -0.1) is 0 Å². The molecule has 0 unspecified atom stereocenters. The van der Waals surface area contributed by atoms with Gasteiger partial charge in [-0.05, 0) is 67.3 Å². The summed E-state index contributed by atoms with van der Waals surface area (Å²) < 4.78 is 36.3. The Morgan fingerprint density at radius 1 is 1.20 bits per heavy atom. The second-order valence-electron chi connectivity index (χ2n) is 8.20. The van der Waals surface area contributed by atoms with Crippen LogP contribution in [0, 0.1) is 6.92 Å². The summed E-state index contributed by atoms with van der Waals surface area (Å²) in [5, 5.41) is 6.68. The number of carbonyl (C=O) groups excluding carboxylic acids is 2. The van der Waals surface area contributed by atoms with Crippen LogP contribution in [0.15, 0.2) is 53.6 Å². The van der Waals surface area contributed by atoms with Crippen LogP contribution >= 0.6 is 0 Å². The van der Waals surface area contributed by atoms with E-state index in [1.54, 1.807) is 42.5 Å². The van der Waals surface area contributed by atoms with Gasteiger partial charge < -0.3 is 14.8 Å². The van der Waals surface area contributed by atoms with Gasteiger partial charge in [-0.1, -0.05) is 12.1 Å². The van der Waals surface area contributed by atoms with Gasteiger partial charge in [0.15, 0.2) is 6.61 Å². The quantitative estimate of drug-likeness (QED) is 0.355. The normalized spacial score (nSPS) is 15.7. The van der Waals surface area contributed by atoms with Gasteiger partial charge in [0.1, 0.15) is 12.3 Å². The molecule has 1 aliphatic rings. The van der Waals surface area contributed by atoms with Gasteiger partial charge in [0.05, 0.1) is 24.3 Å². The van der Waals surface area contributed by atoms with E-state index in [0.717, 1.165) is 35.6 Å². The molecule has 1 saturated heterocycles. The third-order valence-electron chi connectivity index (χ3n) is 5.18. The zero-order valence-electron chi connectivity index (χ0n) is 19.8. The molecule has 35 heavy (non-hydrogen) atoms. The molecule has 0 radical (unpaired) electrons. The molecule has 2 aromatic rings. The third kappa shape index (κ3) is 8.69. The lowest BCUT2D eigenvalue weighted by Crippen LogP contribution is -2.39. The van der Waals surface area contributed by atoms with E-state index in [-0.39, 0.29) is 18.6 Å². The van der Waals surface area contributed by atoms with Crippen LogP contribution in [0.3, 0.4) is 0 Å². The van der Waals surface area contributed by atoms with Crippen molar-refractivity contribution < 1.29 is 27.5 Å². The topological polar surface area (TPSA) is 126 Å². The number of nitrogens with zero attached hydrogens (tertiary/aromatic N) is 2. The van der Waals surface area contributed by atoms with Gasteiger partial charge in [0.25, 0.3) is 11.8 Å². The van der Waals surface area contributed by atoms with Gasteiger partial charge in [-0.3, -0.25) is 13.9 Å². The molecule has 1 fully saturated rings. The predicted octanol–water partition coefficient (Wildman–Crippen LogP) is 1.59. The second-order valence-corrected chi connectivity index (χ2v) is 10.1. The number of benzene rings is 2. The Kier molecular flexibility index (Phi) is 9.21. The van der Waals surface area contributed by atoms with E-state index in [1.165, 1.54) is 6.21 Å². The minimum atomic E-state index is -3.66. The molecule has 2 aromatic carbocycles. The predicted molar refractivity (Wildman–Crippen MR) is 133 cm³/mol. The summed E-state index contributed by atoms with van der Waals surface area (Å²) >= 11 is 0. The van der Waals surface area contributed by atoms with E-state index in [2.05, 4.69) is 15.8 Å². The SMILES string of the molecule is Cc1cccc(N(CC(=O)N/N=C\c2ccc(OCC(=O)NC[C@@H]3CCCO3)cc2)S(C)(=O)=O)c1. The molecule has 188 valence electrons. The summed E-state index contributed by atoms with van der Waals surface area (Å²) in [6, 6.07) is 13.7. The van der Waals surface area contributed by atoms with E-state index < -0.39 is 22.5 Å². The number of hydrazone groups is 1. The Hall–Kier alpha value is -3.44. The fraction of sp³-hybridized carbons (Fsp3) is 0.375. The third-order valence-corrected chi connectivity index (χ3v) is 6.32. The zero-order valence-corrected chi connectivity index (χ0v) is 20.6. The highest BCUT2D eigenvalue weighted by atomic mass is 32.2. The van der Waals surface area contributed by atoms with Crippen molar-refractivity contribution in [3.05, 3.63) is 59.7 Å². The molecule has 0 saturated carbocycles. The highest BCUT2D eigenvalue weighted by Crippen LogP contribution is 2.18. The maximum absolute atomic E-state index is 12.3. The molecule has 0 aliphatic carbocycles. The first-order valence-corrected chi connectivity index (χ1v) is 13.0. The molecule has 0 spiro atoms. The Morgan fingerprint density at radius 3 is 2.63 bits per heavy atom. The van der Waals surface area contributed by atoms with Crippen LogP contribution in [0.5, 0.6) is 5.75 Å². The van der Waals surface area contributed by atoms with Crippen LogP contribution in [0.1, 0.15) is 24.0 Å². The van der Waals surface area contributed by atoms with Crippen molar-refractivity contribution in [3.63, 3.8) is 0 Å². The summed E-state index contributed by atoms with van der Waals surface area (Å²) in [7, 11) is -3.66. The summed E-state index contributed by atoms with van der Waals surface area (Å²) in [6.07, 6.45) is 4.52. The molecule has 2 N–H and O–H groups in total. The average molecular weight is 503 g/mol. The average Bonchev–Trinajstić information content (AvgIpc) is 3.34. The summed E-state index contributed by atoms with van der Waals surface area (Å²) in [6.45, 7) is 2.56. The molecule has 0 aromatic heterocycles. The minimum absolute atomic E-state index is 0.0787. The van der Waals surface area contributed by atoms with E-state index in [1.807, 2.05) is 13.0 Å². The van der Waals surface area contributed by atoms with Crippen LogP contribution in [0.25, 0.3) is 0 Å². The zero-order chi connectivity index (χ0) is 25.3. The van der Waals surface area contributed by atoms with Crippen LogP contribution in [-0.2, 0) is 24.3 Å². The number of anilines is 1. The fourth-order valence-electron chi connectivity index (χ4n) is 3.41. The minimum Gasteiger partial charge on any atom is -0.484 e. The molecular weight excluding hydrogens is 472 g/mol. The molecule has 2 amide bonds. The van der Waals surface area contributed by atoms with Crippen molar-refractivity contribution in [2.24, 2.45) is 5.10 Å². The Morgan fingerprint density at radius 2 is 1.97 bits per heavy atom. The van der Waals surface area contributed by atoms with Gasteiger partial charge >= 0.3 is 0 Å². The molecule has 11 heteroatoms. The number of hydrogen-bond acceptors (Lipinski definition) is 7. The van der Waals surface area contributed by atoms with Crippen LogP contribution < -0.4 is 19.8 Å². The molecule has 1 aliphatic heterocycles. The van der Waals surface area contributed by atoms with Gasteiger partial charge in [0.2, 0.25) is 10.0 Å². The standard InChI is InChI=1S/C24H30N4O6S/c1-18-5-3-6-20(13-18)28(35(2,31)32)16-23(29)27-26-14-19-8-10-21(11-9-19)34-17-24(30)25-15-22-7-4-12-33-22/h3,5-6,8-11,13-14,22H,4,7,12,15-17H2,1-2H3,(H,25,30)(H,27,29)/b26-14-/t22-/m0/s1. The first-order chi connectivity index (χ1) is 16.7. The van der Waals surface area contributed by atoms with E-state index in [4.69, 9.17) is 9.47 Å². The molecule has 3 rings (SSSR count). The van der Waals surface area contributed by atoms with Crippen molar-refractivity contribution in [1.29, 1.82) is 0 Å². The lowest BCUT2D eigenvalue weighted by atomic mass is 10.2. The second kappa shape index (κ2) is 12.3. The summed E-state index contributed by atoms with van der Waals surface area (Å²) in [4.78, 5) is 24.2. The van der Waals surface area contributed by atoms with Gasteiger partial charge in [-0.2, -0.15) is 5.10 Å². The number of aryl methyl sites for hydroxylation is 1. The summed E-state index contributed by atoms with van der Waals surface area (Å²) in [5.41, 5.74) is 4.30. The van der Waals surface area contributed by atoms with Crippen LogP contribution in [0.2, 0.25) is 0 Å². The van der Waals surface area contributed by atoms with Crippen molar-refractivity contribution in [2.75, 3.05) is 36.9 Å². The van der Waals surface area contributed by atoms with Crippen molar-refractivity contribution in [3.8, 4) is 5.75 Å². The van der Waals surface area contributed by atoms with E-state index >= 15 is 0 Å². The lowest BCUT2D eigenvalue weighted by molar-refractivity contribution is -0.123. The monoisotopic (exact) mass is 502 g/mol. The Labute approximate surface area is 205 Å². The Bertz CT molecular complexity index is 1140. The smallest absolute Gasteiger partial charge is 0.260 e. The number of rotatable bonds is 11. The van der Waals surface area contributed by atoms with E-state index in [9.17, 15) is 18.0 Å². The van der Waals surface area contributed by atoms with E-state index in [0.29, 0.717) is 23.5 Å². The van der Waals surface area contributed by atoms with Crippen LogP contribution in [0.4, 0.5) is 5.69 Å². The largest absolute Gasteiger partial charge is 0.484 e. The highest BCUT2D eigenvalue weighted by molar-refractivity contribution is 7.92. The maximum Gasteiger partial charge on any atom is 0.260 e. The lowest BCUT2D eigenvalue weighted by Gasteiger charge is -2.21. The molecule has 0 bridgehead atoms. The number of carbonyl (C=O) groups is 2. The molecule has 10 nitrogen and oxygen atoms in total. The number of amides is 2. The van der Waals surface area contributed by atoms with Crippen molar-refractivity contribution in [2.45, 2.75) is 25.9 Å². The first kappa shape index (κ1) is 26.2. The fourth-order valence-corrected chi connectivity index (χ4v) is 4.26. The van der Waals surface area contributed by atoms with Gasteiger partial charge in [0, 0.05) is 13.2 Å². The van der Waals surface area contributed by atoms with Crippen LogP contribution in [-0.4, -0.2) is 65.1 Å². The first-order valence-electron chi connectivity index (χ1n) is 11.2. The number of nitrogens with one attached hydrogen (secondary N) is 2. The molecule has 1 heterocycles. The molecule has 1 atom stereocenters. The number of sulfonamides is 1. The Balaban J connectivity index is 1.45. The maximum atomic E-state index is 12.3.